The zero-order chi connectivity index (χ0) is 18.5. The largest absolute Gasteiger partial charge is 0.497 e. The molecule has 0 saturated heterocycles. The molecule has 1 amide bonds. The second-order valence-electron chi connectivity index (χ2n) is 5.80. The maximum Gasteiger partial charge on any atom is 0.261 e. The fourth-order valence-corrected chi connectivity index (χ4v) is 3.43. The number of rotatable bonds is 6. The zero-order valence-electron chi connectivity index (χ0n) is 14.6. The topological polar surface area (TPSA) is 71.2 Å². The predicted octanol–water partition coefficient (Wildman–Crippen LogP) is 3.99. The molecule has 0 aliphatic rings. The first kappa shape index (κ1) is 17.9. The Hall–Kier alpha value is -2.86. The minimum absolute atomic E-state index is 0.109. The monoisotopic (exact) mass is 368 g/mol. The van der Waals surface area contributed by atoms with Crippen molar-refractivity contribution in [2.24, 2.45) is 0 Å². The molecule has 6 heteroatoms. The van der Waals surface area contributed by atoms with Crippen LogP contribution in [-0.2, 0) is 0 Å². The van der Waals surface area contributed by atoms with Crippen LogP contribution in [0.5, 0.6) is 5.75 Å². The molecule has 3 aromatic rings. The van der Waals surface area contributed by atoms with Crippen molar-refractivity contribution in [3.63, 3.8) is 0 Å². The number of hydrogen-bond acceptors (Lipinski definition) is 4. The summed E-state index contributed by atoms with van der Waals surface area (Å²) in [6.07, 6.45) is 0.712. The van der Waals surface area contributed by atoms with E-state index in [2.05, 4.69) is 10.3 Å². The molecule has 0 spiro atoms. The van der Waals surface area contributed by atoms with Crippen LogP contribution >= 0.6 is 11.3 Å². The lowest BCUT2D eigenvalue weighted by Crippen LogP contribution is -2.32. The van der Waals surface area contributed by atoms with E-state index < -0.39 is 5.56 Å². The van der Waals surface area contributed by atoms with Gasteiger partial charge in [0.15, 0.2) is 0 Å². The molecule has 1 atom stereocenters. The van der Waals surface area contributed by atoms with Gasteiger partial charge in [-0.25, -0.2) is 0 Å². The van der Waals surface area contributed by atoms with Crippen LogP contribution in [0.3, 0.4) is 0 Å². The Morgan fingerprint density at radius 3 is 2.54 bits per heavy atom. The minimum atomic E-state index is -0.391. The number of carbonyl (C=O) groups excluding carboxylic acids is 1. The summed E-state index contributed by atoms with van der Waals surface area (Å²) in [5.41, 5.74) is 1.40. The van der Waals surface area contributed by atoms with Gasteiger partial charge in [0.2, 0.25) is 0 Å². The van der Waals surface area contributed by atoms with Gasteiger partial charge in [-0.3, -0.25) is 9.59 Å². The molecule has 0 bridgehead atoms. The normalized spacial score (nSPS) is 11.8. The molecule has 0 saturated carbocycles. The van der Waals surface area contributed by atoms with Crippen molar-refractivity contribution < 1.29 is 9.53 Å². The van der Waals surface area contributed by atoms with Gasteiger partial charge < -0.3 is 15.0 Å². The van der Waals surface area contributed by atoms with Crippen molar-refractivity contribution in [2.75, 3.05) is 7.11 Å². The van der Waals surface area contributed by atoms with E-state index in [1.807, 2.05) is 48.7 Å². The number of methoxy groups -OCH3 is 1. The number of benzene rings is 1. The molecule has 5 nitrogen and oxygen atoms in total. The average molecular weight is 368 g/mol. The van der Waals surface area contributed by atoms with E-state index in [0.717, 1.165) is 16.2 Å². The molecule has 1 unspecified atom stereocenters. The third kappa shape index (κ3) is 3.86. The first-order valence-electron chi connectivity index (χ1n) is 8.34. The van der Waals surface area contributed by atoms with Gasteiger partial charge in [0, 0.05) is 0 Å². The molecule has 3 rings (SSSR count). The van der Waals surface area contributed by atoms with E-state index in [1.54, 1.807) is 19.2 Å². The summed E-state index contributed by atoms with van der Waals surface area (Å²) in [4.78, 5) is 28.7. The zero-order valence-corrected chi connectivity index (χ0v) is 15.4. The van der Waals surface area contributed by atoms with Crippen LogP contribution < -0.4 is 15.6 Å². The van der Waals surface area contributed by atoms with Gasteiger partial charge in [-0.05, 0) is 47.7 Å². The summed E-state index contributed by atoms with van der Waals surface area (Å²) in [6, 6.07) is 14.5. The van der Waals surface area contributed by atoms with Crippen LogP contribution in [0.15, 0.2) is 58.7 Å². The average Bonchev–Trinajstić information content (AvgIpc) is 3.20. The number of thiophene rings is 1. The quantitative estimate of drug-likeness (QED) is 0.691. The standard InChI is InChI=1S/C20H20N2O3S/c1-3-16(13-6-8-14(25-2)9-7-13)21-19(23)15-10-11-17(22-20(15)24)18-5-4-12-26-18/h4-12,16H,3H2,1-2H3,(H,21,23)(H,22,24). The van der Waals surface area contributed by atoms with Crippen LogP contribution in [0, 0.1) is 0 Å². The number of aromatic amines is 1. The molecule has 26 heavy (non-hydrogen) atoms. The van der Waals surface area contributed by atoms with Gasteiger partial charge in [-0.1, -0.05) is 25.1 Å². The summed E-state index contributed by atoms with van der Waals surface area (Å²) < 4.78 is 5.16. The molecule has 0 radical (unpaired) electrons. The first-order chi connectivity index (χ1) is 12.6. The van der Waals surface area contributed by atoms with Crippen LogP contribution in [0.2, 0.25) is 0 Å². The lowest BCUT2D eigenvalue weighted by Gasteiger charge is -2.17. The SMILES string of the molecule is CCC(NC(=O)c1ccc(-c2cccs2)[nH]c1=O)c1ccc(OC)cc1. The smallest absolute Gasteiger partial charge is 0.261 e. The maximum atomic E-state index is 12.6. The van der Waals surface area contributed by atoms with Gasteiger partial charge in [0.1, 0.15) is 11.3 Å². The number of hydrogen-bond donors (Lipinski definition) is 2. The number of amides is 1. The van der Waals surface area contributed by atoms with Gasteiger partial charge in [0.05, 0.1) is 23.7 Å². The van der Waals surface area contributed by atoms with E-state index in [4.69, 9.17) is 4.74 Å². The van der Waals surface area contributed by atoms with E-state index in [0.29, 0.717) is 12.1 Å². The minimum Gasteiger partial charge on any atom is -0.497 e. The Bertz CT molecular complexity index is 930. The van der Waals surface area contributed by atoms with Gasteiger partial charge in [0.25, 0.3) is 11.5 Å². The molecule has 0 aliphatic carbocycles. The summed E-state index contributed by atoms with van der Waals surface area (Å²) in [5, 5.41) is 4.87. The molecular formula is C20H20N2O3S. The number of H-pyrrole nitrogens is 1. The molecule has 134 valence electrons. The number of carbonyl (C=O) groups is 1. The lowest BCUT2D eigenvalue weighted by molar-refractivity contribution is 0.0934. The molecule has 0 fully saturated rings. The van der Waals surface area contributed by atoms with Gasteiger partial charge >= 0.3 is 0 Å². The number of nitrogens with one attached hydrogen (secondary N) is 2. The number of pyridine rings is 1. The van der Waals surface area contributed by atoms with Crippen molar-refractivity contribution >= 4 is 17.2 Å². The van der Waals surface area contributed by atoms with Gasteiger partial charge in [-0.15, -0.1) is 11.3 Å². The lowest BCUT2D eigenvalue weighted by atomic mass is 10.0. The van der Waals surface area contributed by atoms with E-state index in [9.17, 15) is 9.59 Å². The summed E-state index contributed by atoms with van der Waals surface area (Å²) in [5.74, 6) is 0.377. The maximum absolute atomic E-state index is 12.6. The van der Waals surface area contributed by atoms with Crippen LogP contribution in [-0.4, -0.2) is 18.0 Å². The highest BCUT2D eigenvalue weighted by molar-refractivity contribution is 7.13. The third-order valence-electron chi connectivity index (χ3n) is 4.17. The Labute approximate surface area is 155 Å². The highest BCUT2D eigenvalue weighted by Gasteiger charge is 2.17. The fraction of sp³-hybridized carbons (Fsp3) is 0.200. The highest BCUT2D eigenvalue weighted by atomic mass is 32.1. The van der Waals surface area contributed by atoms with Crippen molar-refractivity contribution in [3.8, 4) is 16.3 Å². The van der Waals surface area contributed by atoms with Crippen molar-refractivity contribution in [2.45, 2.75) is 19.4 Å². The summed E-state index contributed by atoms with van der Waals surface area (Å²) >= 11 is 1.53. The van der Waals surface area contributed by atoms with Crippen molar-refractivity contribution in [1.82, 2.24) is 10.3 Å². The van der Waals surface area contributed by atoms with Crippen LogP contribution in [0.4, 0.5) is 0 Å². The molecule has 1 aromatic carbocycles. The first-order valence-corrected chi connectivity index (χ1v) is 9.22. The van der Waals surface area contributed by atoms with E-state index >= 15 is 0 Å². The summed E-state index contributed by atoms with van der Waals surface area (Å²) in [7, 11) is 1.61. The molecule has 0 aliphatic heterocycles. The van der Waals surface area contributed by atoms with Crippen LogP contribution in [0.1, 0.15) is 35.3 Å². The van der Waals surface area contributed by atoms with Crippen LogP contribution in [0.25, 0.3) is 10.6 Å². The van der Waals surface area contributed by atoms with E-state index in [1.165, 1.54) is 11.3 Å². The Morgan fingerprint density at radius 2 is 1.96 bits per heavy atom. The third-order valence-corrected chi connectivity index (χ3v) is 5.08. The number of ether oxygens (including phenoxy) is 1. The Kier molecular flexibility index (Phi) is 5.53. The molecule has 2 N–H and O–H groups in total. The Morgan fingerprint density at radius 1 is 1.19 bits per heavy atom. The summed E-state index contributed by atoms with van der Waals surface area (Å²) in [6.45, 7) is 1.99. The van der Waals surface area contributed by atoms with Crippen molar-refractivity contribution in [3.05, 3.63) is 75.4 Å². The van der Waals surface area contributed by atoms with E-state index in [-0.39, 0.29) is 17.5 Å². The fourth-order valence-electron chi connectivity index (χ4n) is 2.72. The predicted molar refractivity (Wildman–Crippen MR) is 104 cm³/mol. The molecule has 2 aromatic heterocycles. The second kappa shape index (κ2) is 8.01. The molecule has 2 heterocycles. The highest BCUT2D eigenvalue weighted by Crippen LogP contribution is 2.22. The second-order valence-corrected chi connectivity index (χ2v) is 6.75. The molecular weight excluding hydrogens is 348 g/mol. The Balaban J connectivity index is 1.78. The van der Waals surface area contributed by atoms with Crippen molar-refractivity contribution in [1.29, 1.82) is 0 Å². The van der Waals surface area contributed by atoms with Gasteiger partial charge in [-0.2, -0.15) is 0 Å². The number of aromatic nitrogens is 1.